The van der Waals surface area contributed by atoms with Crippen LogP contribution in [0.4, 0.5) is 10.5 Å². The fourth-order valence-corrected chi connectivity index (χ4v) is 3.14. The highest BCUT2D eigenvalue weighted by atomic mass is 16.6. The third kappa shape index (κ3) is 3.35. The molecule has 29 heavy (non-hydrogen) atoms. The van der Waals surface area contributed by atoms with Gasteiger partial charge in [0.05, 0.1) is 18.2 Å². The molecule has 0 radical (unpaired) electrons. The number of phenolic OH excluding ortho intramolecular Hbond substituents is 1. The van der Waals surface area contributed by atoms with E-state index >= 15 is 0 Å². The molecule has 0 unspecified atom stereocenters. The Labute approximate surface area is 165 Å². The van der Waals surface area contributed by atoms with Crippen LogP contribution in [0.2, 0.25) is 0 Å². The third-order valence-electron chi connectivity index (χ3n) is 4.68. The van der Waals surface area contributed by atoms with Crippen LogP contribution in [0.1, 0.15) is 24.5 Å². The second-order valence-electron chi connectivity index (χ2n) is 6.26. The molecule has 0 aliphatic carbocycles. The Morgan fingerprint density at radius 1 is 1.31 bits per heavy atom. The lowest BCUT2D eigenvalue weighted by atomic mass is 9.87. The zero-order valence-electron chi connectivity index (χ0n) is 15.7. The van der Waals surface area contributed by atoms with E-state index in [0.717, 1.165) is 12.3 Å². The van der Waals surface area contributed by atoms with Crippen molar-refractivity contribution in [2.75, 3.05) is 7.11 Å². The van der Waals surface area contributed by atoms with Crippen LogP contribution in [-0.2, 0) is 10.3 Å². The smallest absolute Gasteiger partial charge is 0.346 e. The van der Waals surface area contributed by atoms with Crippen LogP contribution in [0.15, 0.2) is 47.6 Å². The van der Waals surface area contributed by atoms with Gasteiger partial charge in [0.15, 0.2) is 5.75 Å². The zero-order chi connectivity index (χ0) is 21.2. The van der Waals surface area contributed by atoms with Gasteiger partial charge < -0.3 is 15.2 Å². The van der Waals surface area contributed by atoms with E-state index in [1.807, 2.05) is 0 Å². The summed E-state index contributed by atoms with van der Waals surface area (Å²) in [5.74, 6) is -1.32. The Hall–Kier alpha value is -3.95. The molecule has 0 saturated carbocycles. The molecule has 1 fully saturated rings. The standard InChI is InChI=1S/C19H18N4O6/c1-3-19(13-7-5-4-6-8-13)17(25)22(18(26)21-19)20-11-12-9-14(23(27)28)16(24)15(10-12)29-2/h4-11,24H,3H2,1-2H3,(H,21,26)/b20-11-/t19-/m0/s1. The molecule has 1 heterocycles. The summed E-state index contributed by atoms with van der Waals surface area (Å²) in [6.07, 6.45) is 1.43. The number of urea groups is 1. The largest absolute Gasteiger partial charge is 0.500 e. The molecule has 1 aliphatic heterocycles. The minimum absolute atomic E-state index is 0.134. The normalized spacial score (nSPS) is 18.9. The average Bonchev–Trinajstić information content (AvgIpc) is 2.98. The molecule has 10 nitrogen and oxygen atoms in total. The Bertz CT molecular complexity index is 1010. The number of aromatic hydroxyl groups is 1. The topological polar surface area (TPSA) is 134 Å². The number of imide groups is 1. The summed E-state index contributed by atoms with van der Waals surface area (Å²) in [6, 6.07) is 10.5. The number of hydrazone groups is 1. The quantitative estimate of drug-likeness (QED) is 0.332. The lowest BCUT2D eigenvalue weighted by Gasteiger charge is -2.24. The van der Waals surface area contributed by atoms with E-state index in [-0.39, 0.29) is 11.3 Å². The van der Waals surface area contributed by atoms with E-state index in [1.165, 1.54) is 13.2 Å². The first-order chi connectivity index (χ1) is 13.8. The van der Waals surface area contributed by atoms with Gasteiger partial charge in [-0.25, -0.2) is 4.79 Å². The van der Waals surface area contributed by atoms with Crippen LogP contribution in [0.5, 0.6) is 11.5 Å². The first kappa shape index (κ1) is 19.8. The summed E-state index contributed by atoms with van der Waals surface area (Å²) in [5, 5.41) is 28.2. The molecule has 2 aromatic carbocycles. The van der Waals surface area contributed by atoms with E-state index in [0.29, 0.717) is 17.0 Å². The first-order valence-electron chi connectivity index (χ1n) is 8.65. The summed E-state index contributed by atoms with van der Waals surface area (Å²) < 4.78 is 4.92. The Kier molecular flexibility index (Phi) is 5.18. The van der Waals surface area contributed by atoms with E-state index in [1.54, 1.807) is 37.3 Å². The summed E-state index contributed by atoms with van der Waals surface area (Å²) in [6.45, 7) is 1.77. The average molecular weight is 398 g/mol. The van der Waals surface area contributed by atoms with E-state index in [2.05, 4.69) is 10.4 Å². The van der Waals surface area contributed by atoms with Crippen molar-refractivity contribution in [1.29, 1.82) is 0 Å². The third-order valence-corrected chi connectivity index (χ3v) is 4.68. The van der Waals surface area contributed by atoms with Crippen LogP contribution in [-0.4, -0.2) is 40.3 Å². The summed E-state index contributed by atoms with van der Waals surface area (Å²) >= 11 is 0. The van der Waals surface area contributed by atoms with E-state index < -0.39 is 33.8 Å². The molecular weight excluding hydrogens is 380 g/mol. The van der Waals surface area contributed by atoms with E-state index in [4.69, 9.17) is 4.74 Å². The van der Waals surface area contributed by atoms with Crippen molar-refractivity contribution in [3.05, 3.63) is 63.7 Å². The second kappa shape index (κ2) is 7.58. The van der Waals surface area contributed by atoms with Crippen molar-refractivity contribution in [2.24, 2.45) is 5.10 Å². The van der Waals surface area contributed by atoms with Crippen LogP contribution >= 0.6 is 0 Å². The summed E-state index contributed by atoms with van der Waals surface area (Å²) in [5.41, 5.74) is -1.04. The number of rotatable bonds is 6. The maximum atomic E-state index is 13.0. The van der Waals surface area contributed by atoms with Crippen molar-refractivity contribution < 1.29 is 24.4 Å². The van der Waals surface area contributed by atoms with Gasteiger partial charge in [-0.2, -0.15) is 5.10 Å². The number of carbonyl (C=O) groups is 2. The van der Waals surface area contributed by atoms with Gasteiger partial charge in [0.25, 0.3) is 5.91 Å². The molecule has 1 saturated heterocycles. The van der Waals surface area contributed by atoms with Crippen molar-refractivity contribution in [1.82, 2.24) is 10.3 Å². The van der Waals surface area contributed by atoms with Crippen molar-refractivity contribution >= 4 is 23.8 Å². The number of nitrogens with one attached hydrogen (secondary N) is 1. The molecule has 0 spiro atoms. The van der Waals surface area contributed by atoms with Gasteiger partial charge >= 0.3 is 11.7 Å². The zero-order valence-corrected chi connectivity index (χ0v) is 15.7. The SMILES string of the molecule is CC[C@@]1(c2ccccc2)NC(=O)N(/N=C\c2cc(OC)c(O)c([N+](=O)[O-])c2)C1=O. The molecule has 2 N–H and O–H groups in total. The highest BCUT2D eigenvalue weighted by molar-refractivity contribution is 6.07. The second-order valence-corrected chi connectivity index (χ2v) is 6.26. The van der Waals surface area contributed by atoms with Gasteiger partial charge in [-0.1, -0.05) is 37.3 Å². The van der Waals surface area contributed by atoms with Gasteiger partial charge in [-0.15, -0.1) is 5.01 Å². The van der Waals surface area contributed by atoms with Crippen molar-refractivity contribution in [3.8, 4) is 11.5 Å². The lowest BCUT2D eigenvalue weighted by molar-refractivity contribution is -0.386. The summed E-state index contributed by atoms with van der Waals surface area (Å²) in [4.78, 5) is 35.7. The minimum atomic E-state index is -1.24. The van der Waals surface area contributed by atoms with Crippen LogP contribution in [0.3, 0.4) is 0 Å². The van der Waals surface area contributed by atoms with Crippen LogP contribution < -0.4 is 10.1 Å². The number of amides is 3. The predicted molar refractivity (Wildman–Crippen MR) is 103 cm³/mol. The molecule has 0 bridgehead atoms. The number of methoxy groups -OCH3 is 1. The van der Waals surface area contributed by atoms with E-state index in [9.17, 15) is 24.8 Å². The maximum absolute atomic E-state index is 13.0. The number of hydrogen-bond donors (Lipinski definition) is 2. The number of nitro groups is 1. The number of benzene rings is 2. The molecule has 0 aromatic heterocycles. The fraction of sp³-hybridized carbons (Fsp3) is 0.211. The van der Waals surface area contributed by atoms with Gasteiger partial charge in [0, 0.05) is 11.6 Å². The minimum Gasteiger partial charge on any atom is -0.500 e. The van der Waals surface area contributed by atoms with Gasteiger partial charge in [0.2, 0.25) is 5.75 Å². The number of ether oxygens (including phenoxy) is 1. The van der Waals surface area contributed by atoms with Crippen LogP contribution in [0, 0.1) is 10.1 Å². The predicted octanol–water partition coefficient (Wildman–Crippen LogP) is 2.50. The lowest BCUT2D eigenvalue weighted by Crippen LogP contribution is -2.43. The highest BCUT2D eigenvalue weighted by Crippen LogP contribution is 2.37. The number of hydrogen-bond acceptors (Lipinski definition) is 7. The molecule has 1 atom stereocenters. The molecular formula is C19H18N4O6. The Balaban J connectivity index is 1.96. The highest BCUT2D eigenvalue weighted by Gasteiger charge is 2.51. The molecule has 3 rings (SSSR count). The summed E-state index contributed by atoms with van der Waals surface area (Å²) in [7, 11) is 1.24. The number of carbonyl (C=O) groups excluding carboxylic acids is 2. The molecule has 2 aromatic rings. The number of nitro benzene ring substituents is 1. The van der Waals surface area contributed by atoms with Gasteiger partial charge in [-0.3, -0.25) is 14.9 Å². The molecule has 3 amide bonds. The number of nitrogens with zero attached hydrogens (tertiary/aromatic N) is 3. The monoisotopic (exact) mass is 398 g/mol. The molecule has 10 heteroatoms. The van der Waals surface area contributed by atoms with Gasteiger partial charge in [-0.05, 0) is 18.1 Å². The maximum Gasteiger partial charge on any atom is 0.346 e. The first-order valence-corrected chi connectivity index (χ1v) is 8.65. The van der Waals surface area contributed by atoms with Crippen molar-refractivity contribution in [2.45, 2.75) is 18.9 Å². The molecule has 150 valence electrons. The molecule has 1 aliphatic rings. The van der Waals surface area contributed by atoms with Crippen molar-refractivity contribution in [3.63, 3.8) is 0 Å². The van der Waals surface area contributed by atoms with Gasteiger partial charge in [0.1, 0.15) is 5.54 Å². The fourth-order valence-electron chi connectivity index (χ4n) is 3.14. The van der Waals surface area contributed by atoms with Crippen LogP contribution in [0.25, 0.3) is 0 Å². The Morgan fingerprint density at radius 2 is 2.00 bits per heavy atom. The number of phenols is 1. The Morgan fingerprint density at radius 3 is 2.59 bits per heavy atom.